The fourth-order valence-corrected chi connectivity index (χ4v) is 3.44. The van der Waals surface area contributed by atoms with Crippen LogP contribution in [0.15, 0.2) is 42.6 Å². The molecule has 0 N–H and O–H groups in total. The number of esters is 1. The van der Waals surface area contributed by atoms with Crippen molar-refractivity contribution in [3.05, 3.63) is 58.7 Å². The summed E-state index contributed by atoms with van der Waals surface area (Å²) in [6.07, 6.45) is 2.01. The Morgan fingerprint density at radius 2 is 1.93 bits per heavy atom. The highest BCUT2D eigenvalue weighted by Gasteiger charge is 2.19. The van der Waals surface area contributed by atoms with Gasteiger partial charge in [0.15, 0.2) is 18.1 Å². The van der Waals surface area contributed by atoms with Crippen molar-refractivity contribution in [2.45, 2.75) is 13.0 Å². The molecule has 8 heteroatoms. The predicted molar refractivity (Wildman–Crippen MR) is 111 cm³/mol. The number of benzene rings is 2. The van der Waals surface area contributed by atoms with E-state index in [1.807, 2.05) is 28.8 Å². The van der Waals surface area contributed by atoms with Gasteiger partial charge in [0.2, 0.25) is 5.78 Å². The van der Waals surface area contributed by atoms with Crippen LogP contribution in [0.4, 0.5) is 0 Å². The van der Waals surface area contributed by atoms with E-state index < -0.39 is 12.6 Å². The molecule has 2 aromatic carbocycles. The van der Waals surface area contributed by atoms with E-state index in [0.29, 0.717) is 24.3 Å². The van der Waals surface area contributed by atoms with Gasteiger partial charge in [0.25, 0.3) is 0 Å². The predicted octanol–water partition coefficient (Wildman–Crippen LogP) is 4.27. The number of carbonyl (C=O) groups is 2. The van der Waals surface area contributed by atoms with Gasteiger partial charge in [-0.15, -0.1) is 0 Å². The summed E-state index contributed by atoms with van der Waals surface area (Å²) in [5.41, 5.74) is 1.41. The molecule has 0 atom stereocenters. The van der Waals surface area contributed by atoms with E-state index in [1.54, 1.807) is 6.20 Å². The highest BCUT2D eigenvalue weighted by molar-refractivity contribution is 6.32. The molecule has 7 nitrogen and oxygen atoms in total. The molecule has 0 spiro atoms. The number of hydrogen-bond donors (Lipinski definition) is 0. The minimum absolute atomic E-state index is 0.141. The zero-order chi connectivity index (χ0) is 21.7. The summed E-state index contributed by atoms with van der Waals surface area (Å²) in [6.45, 7) is 0.0330. The number of halogens is 1. The van der Waals surface area contributed by atoms with Gasteiger partial charge in [0.1, 0.15) is 0 Å². The molecule has 0 amide bonds. The minimum atomic E-state index is -0.709. The van der Waals surface area contributed by atoms with Crippen molar-refractivity contribution in [2.24, 2.45) is 0 Å². The van der Waals surface area contributed by atoms with E-state index in [4.69, 9.17) is 31.1 Å². The molecule has 0 aliphatic rings. The first kappa shape index (κ1) is 21.2. The Morgan fingerprint density at radius 1 is 1.17 bits per heavy atom. The zero-order valence-electron chi connectivity index (χ0n) is 16.5. The number of fused-ring (bicyclic) bond motifs is 1. The van der Waals surface area contributed by atoms with E-state index in [9.17, 15) is 9.59 Å². The Hall–Kier alpha value is -3.50. The molecule has 0 fully saturated rings. The molecule has 0 bridgehead atoms. The second-order valence-electron chi connectivity index (χ2n) is 6.35. The molecule has 1 aromatic heterocycles. The average molecular weight is 427 g/mol. The van der Waals surface area contributed by atoms with Crippen LogP contribution in [0.2, 0.25) is 5.02 Å². The van der Waals surface area contributed by atoms with Crippen LogP contribution in [0.5, 0.6) is 11.5 Å². The van der Waals surface area contributed by atoms with Crippen LogP contribution < -0.4 is 9.47 Å². The second kappa shape index (κ2) is 9.33. The number of ether oxygens (including phenoxy) is 3. The van der Waals surface area contributed by atoms with Crippen LogP contribution in [0.1, 0.15) is 27.1 Å². The molecule has 30 heavy (non-hydrogen) atoms. The Balaban J connectivity index is 1.79. The van der Waals surface area contributed by atoms with E-state index in [2.05, 4.69) is 6.07 Å². The lowest BCUT2D eigenvalue weighted by molar-refractivity contribution is 0.0474. The SMILES string of the molecule is COc1cc(C(=O)OCC(=O)c2cn(CCC#N)c3ccccc23)cc(Cl)c1OC. The number of para-hydroxylation sites is 1. The van der Waals surface area contributed by atoms with Crippen LogP contribution in [-0.2, 0) is 11.3 Å². The van der Waals surface area contributed by atoms with E-state index in [-0.39, 0.29) is 22.1 Å². The van der Waals surface area contributed by atoms with Gasteiger partial charge in [0, 0.05) is 29.2 Å². The van der Waals surface area contributed by atoms with Gasteiger partial charge >= 0.3 is 5.97 Å². The normalized spacial score (nSPS) is 10.5. The van der Waals surface area contributed by atoms with Crippen molar-refractivity contribution in [1.82, 2.24) is 4.57 Å². The number of aromatic nitrogens is 1. The first-order valence-corrected chi connectivity index (χ1v) is 9.44. The molecule has 0 saturated heterocycles. The topological polar surface area (TPSA) is 90.5 Å². The molecule has 0 aliphatic heterocycles. The number of aryl methyl sites for hydroxylation is 1. The van der Waals surface area contributed by atoms with Gasteiger partial charge in [0.05, 0.1) is 37.3 Å². The molecule has 0 unspecified atom stereocenters. The number of hydrogen-bond acceptors (Lipinski definition) is 6. The van der Waals surface area contributed by atoms with Crippen molar-refractivity contribution < 1.29 is 23.8 Å². The second-order valence-corrected chi connectivity index (χ2v) is 6.76. The number of ketones is 1. The van der Waals surface area contributed by atoms with E-state index in [0.717, 1.165) is 10.9 Å². The number of methoxy groups -OCH3 is 2. The molecular weight excluding hydrogens is 408 g/mol. The van der Waals surface area contributed by atoms with Gasteiger partial charge in [-0.25, -0.2) is 4.79 Å². The lowest BCUT2D eigenvalue weighted by Crippen LogP contribution is -2.14. The molecule has 1 heterocycles. The summed E-state index contributed by atoms with van der Waals surface area (Å²) in [4.78, 5) is 25.2. The van der Waals surface area contributed by atoms with Crippen LogP contribution in [-0.4, -0.2) is 37.1 Å². The van der Waals surface area contributed by atoms with Gasteiger partial charge < -0.3 is 18.8 Å². The summed E-state index contributed by atoms with van der Waals surface area (Å²) in [5, 5.41) is 9.78. The first-order chi connectivity index (χ1) is 14.5. The maximum Gasteiger partial charge on any atom is 0.338 e. The van der Waals surface area contributed by atoms with Crippen LogP contribution in [0, 0.1) is 11.3 Å². The van der Waals surface area contributed by atoms with Crippen molar-refractivity contribution in [2.75, 3.05) is 20.8 Å². The maximum atomic E-state index is 12.7. The quantitative estimate of drug-likeness (QED) is 0.394. The Kier molecular flexibility index (Phi) is 6.60. The van der Waals surface area contributed by atoms with Crippen molar-refractivity contribution in [3.63, 3.8) is 0 Å². The van der Waals surface area contributed by atoms with Gasteiger partial charge in [-0.3, -0.25) is 4.79 Å². The fourth-order valence-electron chi connectivity index (χ4n) is 3.15. The van der Waals surface area contributed by atoms with Gasteiger partial charge in [-0.05, 0) is 18.2 Å². The molecule has 0 radical (unpaired) electrons. The standard InChI is InChI=1S/C22H19ClN2O5/c1-28-20-11-14(10-17(23)21(20)29-2)22(27)30-13-19(26)16-12-25(9-5-8-24)18-7-4-3-6-15(16)18/h3-4,6-7,10-12H,5,9,13H2,1-2H3. The lowest BCUT2D eigenvalue weighted by atomic mass is 10.1. The molecular formula is C22H19ClN2O5. The molecule has 154 valence electrons. The zero-order valence-corrected chi connectivity index (χ0v) is 17.2. The fraction of sp³-hybridized carbons (Fsp3) is 0.227. The number of nitrogens with zero attached hydrogens (tertiary/aromatic N) is 2. The number of Topliss-reactive ketones (excluding diaryl/α,β-unsaturated/α-hetero) is 1. The number of rotatable bonds is 8. The highest BCUT2D eigenvalue weighted by Crippen LogP contribution is 2.36. The summed E-state index contributed by atoms with van der Waals surface area (Å²) in [6, 6.07) is 12.3. The van der Waals surface area contributed by atoms with Crippen LogP contribution in [0.3, 0.4) is 0 Å². The smallest absolute Gasteiger partial charge is 0.338 e. The summed E-state index contributed by atoms with van der Waals surface area (Å²) < 4.78 is 17.4. The third kappa shape index (κ3) is 4.24. The number of carbonyl (C=O) groups excluding carboxylic acids is 2. The van der Waals surface area contributed by atoms with Crippen molar-refractivity contribution >= 4 is 34.3 Å². The van der Waals surface area contributed by atoms with Crippen molar-refractivity contribution in [3.8, 4) is 17.6 Å². The van der Waals surface area contributed by atoms with Crippen LogP contribution >= 0.6 is 11.6 Å². The Labute approximate surface area is 178 Å². The van der Waals surface area contributed by atoms with E-state index >= 15 is 0 Å². The average Bonchev–Trinajstić information content (AvgIpc) is 3.13. The van der Waals surface area contributed by atoms with Gasteiger partial charge in [-0.2, -0.15) is 5.26 Å². The largest absolute Gasteiger partial charge is 0.493 e. The molecule has 0 aliphatic carbocycles. The summed E-state index contributed by atoms with van der Waals surface area (Å²) >= 11 is 6.12. The lowest BCUT2D eigenvalue weighted by Gasteiger charge is -2.11. The summed E-state index contributed by atoms with van der Waals surface area (Å²) in [5.74, 6) is -0.470. The molecule has 3 aromatic rings. The third-order valence-corrected chi connectivity index (χ3v) is 4.84. The van der Waals surface area contributed by atoms with Gasteiger partial charge in [-0.1, -0.05) is 29.8 Å². The van der Waals surface area contributed by atoms with E-state index in [1.165, 1.54) is 26.4 Å². The van der Waals surface area contributed by atoms with Crippen molar-refractivity contribution in [1.29, 1.82) is 5.26 Å². The highest BCUT2D eigenvalue weighted by atomic mass is 35.5. The first-order valence-electron chi connectivity index (χ1n) is 9.06. The molecule has 3 rings (SSSR count). The Morgan fingerprint density at radius 3 is 2.63 bits per heavy atom. The monoisotopic (exact) mass is 426 g/mol. The number of nitriles is 1. The molecule has 0 saturated carbocycles. The Bertz CT molecular complexity index is 1150. The third-order valence-electron chi connectivity index (χ3n) is 4.56. The summed E-state index contributed by atoms with van der Waals surface area (Å²) in [7, 11) is 2.86. The maximum absolute atomic E-state index is 12.7. The minimum Gasteiger partial charge on any atom is -0.493 e. The van der Waals surface area contributed by atoms with Crippen LogP contribution in [0.25, 0.3) is 10.9 Å².